The molecular formula is C20H19NO2S. The predicted molar refractivity (Wildman–Crippen MR) is 102 cm³/mol. The first kappa shape index (κ1) is 16.4. The number of methoxy groups -OCH3 is 1. The third-order valence-corrected chi connectivity index (χ3v) is 4.70. The minimum absolute atomic E-state index is 0.0174. The molecule has 1 N–H and O–H groups in total. The molecule has 0 fully saturated rings. The van der Waals surface area contributed by atoms with E-state index in [1.165, 1.54) is 10.9 Å². The van der Waals surface area contributed by atoms with Gasteiger partial charge >= 0.3 is 0 Å². The Bertz CT molecular complexity index is 830. The van der Waals surface area contributed by atoms with E-state index < -0.39 is 0 Å². The second kappa shape index (κ2) is 7.88. The topological polar surface area (TPSA) is 38.3 Å². The number of fused-ring (bicyclic) bond motifs is 1. The van der Waals surface area contributed by atoms with Gasteiger partial charge in [0.1, 0.15) is 5.75 Å². The van der Waals surface area contributed by atoms with Gasteiger partial charge in [0.2, 0.25) is 5.91 Å². The van der Waals surface area contributed by atoms with Crippen LogP contribution in [0.15, 0.2) is 66.7 Å². The minimum atomic E-state index is 0.0174. The minimum Gasteiger partial charge on any atom is -0.497 e. The summed E-state index contributed by atoms with van der Waals surface area (Å²) in [4.78, 5) is 12.1. The zero-order valence-corrected chi connectivity index (χ0v) is 14.3. The maximum absolute atomic E-state index is 12.1. The first-order chi connectivity index (χ1) is 11.7. The van der Waals surface area contributed by atoms with Crippen LogP contribution in [0.1, 0.15) is 5.56 Å². The highest BCUT2D eigenvalue weighted by molar-refractivity contribution is 7.99. The predicted octanol–water partition coefficient (Wildman–Crippen LogP) is 4.72. The van der Waals surface area contributed by atoms with E-state index in [0.29, 0.717) is 5.75 Å². The van der Waals surface area contributed by atoms with E-state index in [1.54, 1.807) is 18.9 Å². The van der Waals surface area contributed by atoms with Crippen molar-refractivity contribution in [3.8, 4) is 5.75 Å². The second-order valence-electron chi connectivity index (χ2n) is 5.45. The van der Waals surface area contributed by atoms with E-state index in [-0.39, 0.29) is 5.91 Å². The van der Waals surface area contributed by atoms with Crippen molar-refractivity contribution in [3.05, 3.63) is 72.3 Å². The number of nitrogens with one attached hydrogen (secondary N) is 1. The van der Waals surface area contributed by atoms with Crippen LogP contribution >= 0.6 is 11.8 Å². The van der Waals surface area contributed by atoms with Gasteiger partial charge in [0.15, 0.2) is 0 Å². The molecule has 1 amide bonds. The zero-order valence-electron chi connectivity index (χ0n) is 13.5. The van der Waals surface area contributed by atoms with E-state index in [0.717, 1.165) is 22.6 Å². The van der Waals surface area contributed by atoms with Gasteiger partial charge in [-0.15, -0.1) is 11.8 Å². The number of rotatable bonds is 6. The van der Waals surface area contributed by atoms with Crippen LogP contribution in [0.3, 0.4) is 0 Å². The first-order valence-corrected chi connectivity index (χ1v) is 8.89. The molecule has 3 rings (SSSR count). The number of ether oxygens (including phenoxy) is 1. The molecule has 0 heterocycles. The molecule has 0 atom stereocenters. The molecule has 3 nitrogen and oxygen atoms in total. The Balaban J connectivity index is 1.51. The number of benzene rings is 3. The van der Waals surface area contributed by atoms with Crippen LogP contribution in [0, 0.1) is 0 Å². The number of hydrogen-bond donors (Lipinski definition) is 1. The lowest BCUT2D eigenvalue weighted by molar-refractivity contribution is -0.113. The summed E-state index contributed by atoms with van der Waals surface area (Å²) in [5.74, 6) is 2.09. The van der Waals surface area contributed by atoms with E-state index >= 15 is 0 Å². The van der Waals surface area contributed by atoms with Crippen LogP contribution in [0.4, 0.5) is 5.69 Å². The molecule has 0 unspecified atom stereocenters. The van der Waals surface area contributed by atoms with Crippen molar-refractivity contribution < 1.29 is 9.53 Å². The summed E-state index contributed by atoms with van der Waals surface area (Å²) in [5, 5.41) is 5.26. The van der Waals surface area contributed by atoms with E-state index in [4.69, 9.17) is 4.74 Å². The molecule has 0 aliphatic carbocycles. The molecule has 0 bridgehead atoms. The fraction of sp³-hybridized carbons (Fsp3) is 0.150. The van der Waals surface area contributed by atoms with Crippen LogP contribution in [0.2, 0.25) is 0 Å². The Labute approximate surface area is 146 Å². The fourth-order valence-corrected chi connectivity index (χ4v) is 3.24. The summed E-state index contributed by atoms with van der Waals surface area (Å²) in [6, 6.07) is 22.0. The van der Waals surface area contributed by atoms with Gasteiger partial charge in [0, 0.05) is 11.4 Å². The van der Waals surface area contributed by atoms with Gasteiger partial charge in [0.05, 0.1) is 12.9 Å². The summed E-state index contributed by atoms with van der Waals surface area (Å²) < 4.78 is 5.14. The number of amides is 1. The molecule has 0 saturated carbocycles. The van der Waals surface area contributed by atoms with Crippen LogP contribution in [-0.2, 0) is 10.5 Å². The smallest absolute Gasteiger partial charge is 0.234 e. The van der Waals surface area contributed by atoms with E-state index in [9.17, 15) is 4.79 Å². The highest BCUT2D eigenvalue weighted by atomic mass is 32.2. The molecule has 3 aromatic carbocycles. The molecule has 0 radical (unpaired) electrons. The van der Waals surface area contributed by atoms with Crippen LogP contribution in [-0.4, -0.2) is 18.8 Å². The van der Waals surface area contributed by atoms with Crippen molar-refractivity contribution in [2.24, 2.45) is 0 Å². The van der Waals surface area contributed by atoms with Crippen molar-refractivity contribution in [1.29, 1.82) is 0 Å². The van der Waals surface area contributed by atoms with E-state index in [1.807, 2.05) is 60.7 Å². The average molecular weight is 337 g/mol. The monoisotopic (exact) mass is 337 g/mol. The summed E-state index contributed by atoms with van der Waals surface area (Å²) in [6.07, 6.45) is 0. The van der Waals surface area contributed by atoms with Gasteiger partial charge < -0.3 is 10.1 Å². The van der Waals surface area contributed by atoms with Crippen molar-refractivity contribution in [3.63, 3.8) is 0 Å². The Morgan fingerprint density at radius 3 is 2.50 bits per heavy atom. The van der Waals surface area contributed by atoms with Gasteiger partial charge in [0.25, 0.3) is 0 Å². The van der Waals surface area contributed by atoms with Gasteiger partial charge in [-0.1, -0.05) is 42.5 Å². The standard InChI is InChI=1S/C20H19NO2S/c1-23-19-10-6-15(7-11-19)13-24-14-20(22)21-18-9-8-16-4-2-3-5-17(16)12-18/h2-12H,13-14H2,1H3,(H,21,22). The maximum atomic E-state index is 12.1. The molecule has 0 saturated heterocycles. The quantitative estimate of drug-likeness (QED) is 0.707. The van der Waals surface area contributed by atoms with Crippen LogP contribution in [0.25, 0.3) is 10.8 Å². The van der Waals surface area contributed by atoms with Crippen LogP contribution < -0.4 is 10.1 Å². The first-order valence-electron chi connectivity index (χ1n) is 7.74. The number of anilines is 1. The van der Waals surface area contributed by atoms with E-state index in [2.05, 4.69) is 11.4 Å². The third kappa shape index (κ3) is 4.30. The molecule has 0 aliphatic rings. The molecule has 24 heavy (non-hydrogen) atoms. The summed E-state index contributed by atoms with van der Waals surface area (Å²) in [5.41, 5.74) is 2.02. The van der Waals surface area contributed by atoms with Crippen LogP contribution in [0.5, 0.6) is 5.75 Å². The molecule has 3 aromatic rings. The molecule has 4 heteroatoms. The highest BCUT2D eigenvalue weighted by Gasteiger charge is 2.04. The lowest BCUT2D eigenvalue weighted by Crippen LogP contribution is -2.14. The summed E-state index contributed by atoms with van der Waals surface area (Å²) >= 11 is 1.60. The molecule has 0 aliphatic heterocycles. The third-order valence-electron chi connectivity index (χ3n) is 3.69. The van der Waals surface area contributed by atoms with Gasteiger partial charge in [-0.3, -0.25) is 4.79 Å². The number of thioether (sulfide) groups is 1. The Morgan fingerprint density at radius 1 is 1.00 bits per heavy atom. The lowest BCUT2D eigenvalue weighted by atomic mass is 10.1. The average Bonchev–Trinajstić information content (AvgIpc) is 2.62. The SMILES string of the molecule is COc1ccc(CSCC(=O)Nc2ccc3ccccc3c2)cc1. The molecular weight excluding hydrogens is 318 g/mol. The largest absolute Gasteiger partial charge is 0.497 e. The van der Waals surface area contributed by atoms with Gasteiger partial charge in [-0.05, 0) is 40.6 Å². The normalized spacial score (nSPS) is 10.5. The Morgan fingerprint density at radius 2 is 1.75 bits per heavy atom. The maximum Gasteiger partial charge on any atom is 0.234 e. The molecule has 0 aromatic heterocycles. The summed E-state index contributed by atoms with van der Waals surface area (Å²) in [7, 11) is 1.65. The van der Waals surface area contributed by atoms with Gasteiger partial charge in [-0.2, -0.15) is 0 Å². The second-order valence-corrected chi connectivity index (χ2v) is 6.44. The van der Waals surface area contributed by atoms with Crippen molar-refractivity contribution >= 4 is 34.1 Å². The number of carbonyl (C=O) groups excluding carboxylic acids is 1. The fourth-order valence-electron chi connectivity index (χ4n) is 2.45. The Kier molecular flexibility index (Phi) is 5.39. The van der Waals surface area contributed by atoms with Crippen molar-refractivity contribution in [2.75, 3.05) is 18.2 Å². The highest BCUT2D eigenvalue weighted by Crippen LogP contribution is 2.20. The number of hydrogen-bond acceptors (Lipinski definition) is 3. The van der Waals surface area contributed by atoms with Crippen molar-refractivity contribution in [1.82, 2.24) is 0 Å². The number of carbonyl (C=O) groups is 1. The molecule has 122 valence electrons. The Hall–Kier alpha value is -2.46. The van der Waals surface area contributed by atoms with Crippen molar-refractivity contribution in [2.45, 2.75) is 5.75 Å². The lowest BCUT2D eigenvalue weighted by Gasteiger charge is -2.07. The zero-order chi connectivity index (χ0) is 16.8. The summed E-state index contributed by atoms with van der Waals surface area (Å²) in [6.45, 7) is 0. The molecule has 0 spiro atoms. The van der Waals surface area contributed by atoms with Gasteiger partial charge in [-0.25, -0.2) is 0 Å².